The fraction of sp³-hybridized carbons (Fsp3) is 0.185. The van der Waals surface area contributed by atoms with Crippen LogP contribution in [0.5, 0.6) is 17.2 Å². The molecule has 0 heterocycles. The number of halogens is 2. The van der Waals surface area contributed by atoms with Gasteiger partial charge < -0.3 is 24.8 Å². The summed E-state index contributed by atoms with van der Waals surface area (Å²) in [6, 6.07) is 16.8. The average molecular weight is 573 g/mol. The molecule has 0 unspecified atom stereocenters. The van der Waals surface area contributed by atoms with Crippen LogP contribution in [-0.2, 0) is 20.8 Å². The first-order valence-electron chi connectivity index (χ1n) is 11.6. The van der Waals surface area contributed by atoms with Crippen molar-refractivity contribution in [1.29, 1.82) is 0 Å². The van der Waals surface area contributed by atoms with E-state index in [1.165, 1.54) is 19.4 Å². The highest BCUT2D eigenvalue weighted by atomic mass is 35.5. The van der Waals surface area contributed by atoms with Crippen LogP contribution in [0.1, 0.15) is 11.1 Å². The van der Waals surface area contributed by atoms with Gasteiger partial charge in [0.25, 0.3) is 5.91 Å². The third kappa shape index (κ3) is 9.20. The maximum absolute atomic E-state index is 12.2. The van der Waals surface area contributed by atoms with Crippen molar-refractivity contribution in [2.75, 3.05) is 32.7 Å². The average Bonchev–Trinajstić information content (AvgIpc) is 2.94. The topological polar surface area (TPSA) is 127 Å². The van der Waals surface area contributed by atoms with Gasteiger partial charge in [0.15, 0.2) is 18.1 Å². The Kier molecular flexibility index (Phi) is 11.0. The zero-order valence-corrected chi connectivity index (χ0v) is 22.6. The van der Waals surface area contributed by atoms with Crippen LogP contribution in [0.2, 0.25) is 10.0 Å². The molecule has 3 aromatic rings. The minimum absolute atomic E-state index is 0.240. The van der Waals surface area contributed by atoms with Crippen LogP contribution < -0.4 is 30.3 Å². The molecule has 0 aliphatic rings. The maximum atomic E-state index is 12.2. The van der Waals surface area contributed by atoms with Gasteiger partial charge in [-0.05, 0) is 60.0 Å². The van der Waals surface area contributed by atoms with E-state index >= 15 is 0 Å². The molecule has 0 aromatic heterocycles. The van der Waals surface area contributed by atoms with Gasteiger partial charge in [-0.15, -0.1) is 0 Å². The molecule has 0 saturated heterocycles. The van der Waals surface area contributed by atoms with Crippen LogP contribution in [0, 0.1) is 0 Å². The van der Waals surface area contributed by atoms with Crippen LogP contribution in [0.3, 0.4) is 0 Å². The molecule has 0 fully saturated rings. The Morgan fingerprint density at radius 3 is 2.44 bits per heavy atom. The molecule has 0 bridgehead atoms. The Labute approximate surface area is 235 Å². The van der Waals surface area contributed by atoms with Crippen molar-refractivity contribution >= 4 is 52.8 Å². The third-order valence-electron chi connectivity index (χ3n) is 5.16. The lowest BCUT2D eigenvalue weighted by Crippen LogP contribution is -2.38. The number of methoxy groups -OCH3 is 2. The van der Waals surface area contributed by atoms with E-state index in [4.69, 9.17) is 37.4 Å². The zero-order valence-electron chi connectivity index (χ0n) is 21.1. The molecule has 3 N–H and O–H groups in total. The number of ether oxygens (including phenoxy) is 3. The number of nitrogens with zero attached hydrogens (tertiary/aromatic N) is 1. The van der Waals surface area contributed by atoms with E-state index in [1.54, 1.807) is 55.6 Å². The van der Waals surface area contributed by atoms with Crippen molar-refractivity contribution in [2.24, 2.45) is 5.10 Å². The van der Waals surface area contributed by atoms with Gasteiger partial charge in [-0.2, -0.15) is 5.10 Å². The Morgan fingerprint density at radius 2 is 1.69 bits per heavy atom. The smallest absolute Gasteiger partial charge is 0.329 e. The highest BCUT2D eigenvalue weighted by molar-refractivity contribution is 6.42. The fourth-order valence-electron chi connectivity index (χ4n) is 3.26. The van der Waals surface area contributed by atoms with Gasteiger partial charge in [0.05, 0.1) is 30.5 Å². The summed E-state index contributed by atoms with van der Waals surface area (Å²) in [6.45, 7) is -0.00940. The summed E-state index contributed by atoms with van der Waals surface area (Å²) in [4.78, 5) is 36.2. The molecule has 3 rings (SSSR count). The summed E-state index contributed by atoms with van der Waals surface area (Å²) in [5.74, 6) is -0.540. The lowest BCUT2D eigenvalue weighted by molar-refractivity contribution is -0.139. The number of hydrazone groups is 1. The van der Waals surface area contributed by atoms with Gasteiger partial charge in [-0.3, -0.25) is 14.4 Å². The van der Waals surface area contributed by atoms with Crippen LogP contribution in [0.15, 0.2) is 65.8 Å². The summed E-state index contributed by atoms with van der Waals surface area (Å²) in [6.07, 6.45) is 1.83. The quantitative estimate of drug-likeness (QED) is 0.182. The van der Waals surface area contributed by atoms with Gasteiger partial charge in [0.2, 0.25) is 0 Å². The van der Waals surface area contributed by atoms with Gasteiger partial charge in [-0.25, -0.2) is 5.43 Å². The summed E-state index contributed by atoms with van der Waals surface area (Å²) in [5, 5.41) is 9.70. The molecule has 0 saturated carbocycles. The molecule has 3 amide bonds. The number of hydrogen-bond donors (Lipinski definition) is 3. The number of nitrogens with one attached hydrogen (secondary N) is 3. The fourth-order valence-corrected chi connectivity index (χ4v) is 3.56. The molecule has 0 aliphatic carbocycles. The lowest BCUT2D eigenvalue weighted by Gasteiger charge is -2.10. The van der Waals surface area contributed by atoms with E-state index in [-0.39, 0.29) is 13.2 Å². The Morgan fingerprint density at radius 1 is 0.897 bits per heavy atom. The molecular weight excluding hydrogens is 547 g/mol. The lowest BCUT2D eigenvalue weighted by atomic mass is 10.1. The first-order chi connectivity index (χ1) is 18.8. The van der Waals surface area contributed by atoms with Crippen LogP contribution in [-0.4, -0.2) is 51.3 Å². The van der Waals surface area contributed by atoms with Crippen molar-refractivity contribution in [1.82, 2.24) is 10.7 Å². The van der Waals surface area contributed by atoms with Crippen molar-refractivity contribution in [2.45, 2.75) is 6.42 Å². The number of carbonyl (C=O) groups is 3. The van der Waals surface area contributed by atoms with E-state index in [0.717, 1.165) is 5.56 Å². The molecule has 0 radical (unpaired) electrons. The second kappa shape index (κ2) is 14.6. The molecule has 39 heavy (non-hydrogen) atoms. The first-order valence-corrected chi connectivity index (χ1v) is 12.3. The van der Waals surface area contributed by atoms with E-state index < -0.39 is 17.7 Å². The van der Waals surface area contributed by atoms with E-state index in [1.807, 2.05) is 6.07 Å². The Bertz CT molecular complexity index is 1370. The molecule has 0 atom stereocenters. The molecule has 12 heteroatoms. The van der Waals surface area contributed by atoms with Crippen LogP contribution in [0.4, 0.5) is 5.69 Å². The summed E-state index contributed by atoms with van der Waals surface area (Å²) in [5.41, 5.74) is 4.14. The van der Waals surface area contributed by atoms with Crippen LogP contribution in [0.25, 0.3) is 0 Å². The monoisotopic (exact) mass is 572 g/mol. The van der Waals surface area contributed by atoms with E-state index in [0.29, 0.717) is 45.0 Å². The van der Waals surface area contributed by atoms with Gasteiger partial charge in [-0.1, -0.05) is 41.4 Å². The standard InChI is InChI=1S/C27H26Cl2N4O6/c1-37-23-9-6-17(13-24(23)38-2)10-11-30-26(35)27(36)33-31-15-18-4-3-5-20(12-18)39-16-25(34)32-19-7-8-21(28)22(29)14-19/h3-9,12-15H,10-11,16H2,1-2H3,(H,30,35)(H,32,34)(H,33,36)/b31-15-. The number of carbonyl (C=O) groups excluding carboxylic acids is 3. The minimum Gasteiger partial charge on any atom is -0.493 e. The van der Waals surface area contributed by atoms with E-state index in [9.17, 15) is 14.4 Å². The molecule has 10 nitrogen and oxygen atoms in total. The first kappa shape index (κ1) is 29.3. The zero-order chi connectivity index (χ0) is 28.2. The molecule has 0 aliphatic heterocycles. The van der Waals surface area contributed by atoms with Crippen molar-refractivity contribution in [3.05, 3.63) is 81.8 Å². The molecular formula is C27H26Cl2N4O6. The van der Waals surface area contributed by atoms with Crippen molar-refractivity contribution < 1.29 is 28.6 Å². The number of hydrogen-bond acceptors (Lipinski definition) is 7. The van der Waals surface area contributed by atoms with Crippen molar-refractivity contribution in [3.63, 3.8) is 0 Å². The largest absolute Gasteiger partial charge is 0.493 e. The van der Waals surface area contributed by atoms with Gasteiger partial charge >= 0.3 is 11.8 Å². The number of rotatable bonds is 11. The number of amides is 3. The number of anilines is 1. The summed E-state index contributed by atoms with van der Waals surface area (Å²) < 4.78 is 16.0. The minimum atomic E-state index is -0.912. The summed E-state index contributed by atoms with van der Waals surface area (Å²) in [7, 11) is 3.09. The second-order valence-corrected chi connectivity index (χ2v) is 8.75. The second-order valence-electron chi connectivity index (χ2n) is 7.93. The highest BCUT2D eigenvalue weighted by Crippen LogP contribution is 2.27. The Balaban J connectivity index is 1.42. The van der Waals surface area contributed by atoms with Gasteiger partial charge in [0.1, 0.15) is 5.75 Å². The number of benzene rings is 3. The maximum Gasteiger partial charge on any atom is 0.329 e. The highest BCUT2D eigenvalue weighted by Gasteiger charge is 2.12. The molecule has 204 valence electrons. The normalized spacial score (nSPS) is 10.6. The molecule has 3 aromatic carbocycles. The molecule has 0 spiro atoms. The van der Waals surface area contributed by atoms with Crippen LogP contribution >= 0.6 is 23.2 Å². The van der Waals surface area contributed by atoms with E-state index in [2.05, 4.69) is 21.2 Å². The summed E-state index contributed by atoms with van der Waals surface area (Å²) >= 11 is 11.8. The SMILES string of the molecule is COc1ccc(CCNC(=O)C(=O)N/N=C\c2cccc(OCC(=O)Nc3ccc(Cl)c(Cl)c3)c2)cc1OC. The van der Waals surface area contributed by atoms with Crippen molar-refractivity contribution in [3.8, 4) is 17.2 Å². The third-order valence-corrected chi connectivity index (χ3v) is 5.90. The predicted octanol–water partition coefficient (Wildman–Crippen LogP) is 3.84. The predicted molar refractivity (Wildman–Crippen MR) is 149 cm³/mol. The Hall–Kier alpha value is -4.28. The van der Waals surface area contributed by atoms with Gasteiger partial charge in [0, 0.05) is 12.2 Å².